The minimum atomic E-state index is 0. The van der Waals surface area contributed by atoms with E-state index < -0.39 is 0 Å². The molecule has 0 heterocycles. The molecule has 1 unspecified atom stereocenters. The summed E-state index contributed by atoms with van der Waals surface area (Å²) in [6.07, 6.45) is 0.708. The van der Waals surface area contributed by atoms with Crippen molar-refractivity contribution in [1.82, 2.24) is 0 Å². The van der Waals surface area contributed by atoms with Gasteiger partial charge in [-0.15, -0.1) is 0 Å². The highest BCUT2D eigenvalue weighted by Gasteiger charge is 1.86. The fourth-order valence-electron chi connectivity index (χ4n) is 0.204. The third-order valence-corrected chi connectivity index (χ3v) is 0.584. The third-order valence-electron chi connectivity index (χ3n) is 0.584. The van der Waals surface area contributed by atoms with Gasteiger partial charge in [0.2, 0.25) is 0 Å². The number of nitrogens with two attached hydrogens (primary N) is 1. The minimum absolute atomic E-state index is 0. The number of rotatable bonds is 2. The summed E-state index contributed by atoms with van der Waals surface area (Å²) < 4.78 is 0. The summed E-state index contributed by atoms with van der Waals surface area (Å²) in [5.74, 6) is 0. The van der Waals surface area contributed by atoms with Crippen molar-refractivity contribution in [1.29, 1.82) is 0 Å². The maximum Gasteiger partial charge on any atom is 0.0445 e. The summed E-state index contributed by atoms with van der Waals surface area (Å²) in [6, 6.07) is 0.148. The number of hydrogen-bond acceptors (Lipinski definition) is 2. The Balaban J connectivity index is 0. The van der Waals surface area contributed by atoms with Crippen molar-refractivity contribution in [3.05, 3.63) is 0 Å². The van der Waals surface area contributed by atoms with Crippen LogP contribution in [-0.2, 0) is 0 Å². The van der Waals surface area contributed by atoms with Crippen LogP contribution in [0.25, 0.3) is 0 Å². The Morgan fingerprint density at radius 1 is 1.71 bits per heavy atom. The summed E-state index contributed by atoms with van der Waals surface area (Å²) in [4.78, 5) is 0. The molecule has 0 aromatic heterocycles. The lowest BCUT2D eigenvalue weighted by Gasteiger charge is -1.96. The second-order valence-corrected chi connectivity index (χ2v) is 1.49. The molecule has 0 saturated carbocycles. The average Bonchev–Trinajstić information content (AvgIpc) is 1.35. The second kappa shape index (κ2) is 5.92. The standard InChI is InChI=1S/C4H11NO.CH4/c1-4(5)2-3-6;/h4,6H,2-3,5H2,1H3;1H4. The third kappa shape index (κ3) is 10.7. The van der Waals surface area contributed by atoms with E-state index in [1.807, 2.05) is 6.92 Å². The molecule has 0 rings (SSSR count). The van der Waals surface area contributed by atoms with Crippen LogP contribution >= 0.6 is 0 Å². The van der Waals surface area contributed by atoms with E-state index in [4.69, 9.17) is 10.8 Å². The van der Waals surface area contributed by atoms with Crippen LogP contribution in [0.1, 0.15) is 20.8 Å². The van der Waals surface area contributed by atoms with E-state index in [1.165, 1.54) is 0 Å². The summed E-state index contributed by atoms with van der Waals surface area (Å²) in [7, 11) is 0. The quantitative estimate of drug-likeness (QED) is 0.532. The Labute approximate surface area is 45.3 Å². The molecule has 2 heteroatoms. The molecule has 46 valence electrons. The normalized spacial score (nSPS) is 12.4. The van der Waals surface area contributed by atoms with Gasteiger partial charge in [-0.2, -0.15) is 0 Å². The van der Waals surface area contributed by atoms with Crippen molar-refractivity contribution in [3.8, 4) is 0 Å². The van der Waals surface area contributed by atoms with Crippen LogP contribution in [0.2, 0.25) is 0 Å². The lowest BCUT2D eigenvalue weighted by Crippen LogP contribution is -2.15. The molecule has 0 radical (unpaired) electrons. The smallest absolute Gasteiger partial charge is 0.0445 e. The molecule has 0 amide bonds. The predicted octanol–water partition coefficient (Wildman–Crippen LogP) is 0.352. The van der Waals surface area contributed by atoms with Crippen molar-refractivity contribution < 1.29 is 5.11 Å². The molecule has 0 bridgehead atoms. The van der Waals surface area contributed by atoms with Gasteiger partial charge in [-0.1, -0.05) is 7.43 Å². The van der Waals surface area contributed by atoms with Gasteiger partial charge in [0.15, 0.2) is 0 Å². The SMILES string of the molecule is C.CC(N)CCO. The molecule has 2 nitrogen and oxygen atoms in total. The van der Waals surface area contributed by atoms with Crippen molar-refractivity contribution in [3.63, 3.8) is 0 Å². The van der Waals surface area contributed by atoms with Crippen LogP contribution in [0.15, 0.2) is 0 Å². The molecule has 0 fully saturated rings. The Kier molecular flexibility index (Phi) is 8.47. The van der Waals surface area contributed by atoms with Crippen LogP contribution in [-0.4, -0.2) is 17.8 Å². The van der Waals surface area contributed by atoms with Gasteiger partial charge >= 0.3 is 0 Å². The molecule has 0 aromatic rings. The van der Waals surface area contributed by atoms with Gasteiger partial charge in [0.1, 0.15) is 0 Å². The van der Waals surface area contributed by atoms with E-state index in [0.717, 1.165) is 0 Å². The van der Waals surface area contributed by atoms with Crippen LogP contribution in [0.4, 0.5) is 0 Å². The fraction of sp³-hybridized carbons (Fsp3) is 1.00. The molecule has 7 heavy (non-hydrogen) atoms. The van der Waals surface area contributed by atoms with E-state index >= 15 is 0 Å². The number of hydrogen-bond donors (Lipinski definition) is 2. The molecule has 0 aromatic carbocycles. The van der Waals surface area contributed by atoms with Gasteiger partial charge in [-0.05, 0) is 13.3 Å². The molecule has 0 aliphatic rings. The van der Waals surface area contributed by atoms with E-state index in [9.17, 15) is 0 Å². The summed E-state index contributed by atoms with van der Waals surface area (Å²) >= 11 is 0. The highest BCUT2D eigenvalue weighted by atomic mass is 16.3. The molecule has 0 saturated heterocycles. The molecule has 0 aliphatic carbocycles. The first kappa shape index (κ1) is 10.0. The fourth-order valence-corrected chi connectivity index (χ4v) is 0.204. The van der Waals surface area contributed by atoms with Gasteiger partial charge in [-0.3, -0.25) is 0 Å². The number of aliphatic hydroxyl groups is 1. The van der Waals surface area contributed by atoms with Gasteiger partial charge in [0, 0.05) is 12.6 Å². The lowest BCUT2D eigenvalue weighted by atomic mass is 10.3. The van der Waals surface area contributed by atoms with E-state index in [2.05, 4.69) is 0 Å². The molecule has 0 aliphatic heterocycles. The second-order valence-electron chi connectivity index (χ2n) is 1.49. The first-order valence-corrected chi connectivity index (χ1v) is 2.14. The maximum atomic E-state index is 8.16. The Morgan fingerprint density at radius 3 is 2.14 bits per heavy atom. The van der Waals surface area contributed by atoms with E-state index in [0.29, 0.717) is 6.42 Å². The van der Waals surface area contributed by atoms with Crippen molar-refractivity contribution in [2.45, 2.75) is 26.8 Å². The largest absolute Gasteiger partial charge is 0.396 e. The molecule has 3 N–H and O–H groups in total. The first-order chi connectivity index (χ1) is 2.77. The number of aliphatic hydroxyl groups excluding tert-OH is 1. The Bertz CT molecular complexity index is 29.3. The van der Waals surface area contributed by atoms with Crippen molar-refractivity contribution in [2.75, 3.05) is 6.61 Å². The summed E-state index contributed by atoms with van der Waals surface area (Å²) in [5.41, 5.74) is 5.24. The zero-order valence-electron chi connectivity index (χ0n) is 4.02. The Hall–Kier alpha value is -0.0800. The van der Waals surface area contributed by atoms with Crippen LogP contribution in [0, 0.1) is 0 Å². The predicted molar refractivity (Wildman–Crippen MR) is 32.1 cm³/mol. The zero-order chi connectivity index (χ0) is 4.99. The van der Waals surface area contributed by atoms with Crippen molar-refractivity contribution in [2.24, 2.45) is 5.73 Å². The maximum absolute atomic E-state index is 8.16. The van der Waals surface area contributed by atoms with E-state index in [-0.39, 0.29) is 20.1 Å². The Morgan fingerprint density at radius 2 is 2.14 bits per heavy atom. The molecule has 0 spiro atoms. The van der Waals surface area contributed by atoms with Crippen molar-refractivity contribution >= 4 is 0 Å². The monoisotopic (exact) mass is 105 g/mol. The highest BCUT2D eigenvalue weighted by molar-refractivity contribution is 4.48. The van der Waals surface area contributed by atoms with Crippen LogP contribution < -0.4 is 5.73 Å². The minimum Gasteiger partial charge on any atom is -0.396 e. The lowest BCUT2D eigenvalue weighted by molar-refractivity contribution is 0.279. The van der Waals surface area contributed by atoms with Gasteiger partial charge in [0.25, 0.3) is 0 Å². The highest BCUT2D eigenvalue weighted by Crippen LogP contribution is 1.79. The van der Waals surface area contributed by atoms with Crippen LogP contribution in [0.5, 0.6) is 0 Å². The van der Waals surface area contributed by atoms with Crippen LogP contribution in [0.3, 0.4) is 0 Å². The van der Waals surface area contributed by atoms with Gasteiger partial charge < -0.3 is 10.8 Å². The van der Waals surface area contributed by atoms with Gasteiger partial charge in [-0.25, -0.2) is 0 Å². The summed E-state index contributed by atoms with van der Waals surface area (Å²) in [6.45, 7) is 2.08. The molecular weight excluding hydrogens is 90.1 g/mol. The molecule has 1 atom stereocenters. The first-order valence-electron chi connectivity index (χ1n) is 2.14. The van der Waals surface area contributed by atoms with E-state index in [1.54, 1.807) is 0 Å². The average molecular weight is 105 g/mol. The topological polar surface area (TPSA) is 46.2 Å². The zero-order valence-corrected chi connectivity index (χ0v) is 4.02. The molecular formula is C5H15NO. The summed E-state index contributed by atoms with van der Waals surface area (Å²) in [5, 5.41) is 8.16. The van der Waals surface area contributed by atoms with Gasteiger partial charge in [0.05, 0.1) is 0 Å².